The maximum Gasteiger partial charge on any atom is 0.406 e. The first kappa shape index (κ1) is 18.3. The van der Waals surface area contributed by atoms with Gasteiger partial charge in [0.15, 0.2) is 0 Å². The SMILES string of the molecule is CC(c1cc(F)ccc1F)N(C)CC(=O)N(C)CC(F)(F)F. The van der Waals surface area contributed by atoms with Gasteiger partial charge in [0.05, 0.1) is 6.54 Å². The molecule has 1 unspecified atom stereocenters. The van der Waals surface area contributed by atoms with E-state index in [2.05, 4.69) is 0 Å². The van der Waals surface area contributed by atoms with Gasteiger partial charge < -0.3 is 4.90 Å². The van der Waals surface area contributed by atoms with E-state index < -0.39 is 36.3 Å². The van der Waals surface area contributed by atoms with Crippen molar-refractivity contribution in [3.63, 3.8) is 0 Å². The van der Waals surface area contributed by atoms with Crippen molar-refractivity contribution in [1.82, 2.24) is 9.80 Å². The van der Waals surface area contributed by atoms with Crippen molar-refractivity contribution in [2.45, 2.75) is 19.1 Å². The molecule has 1 atom stereocenters. The van der Waals surface area contributed by atoms with Crippen LogP contribution >= 0.6 is 0 Å². The fourth-order valence-electron chi connectivity index (χ4n) is 1.90. The summed E-state index contributed by atoms with van der Waals surface area (Å²) in [5, 5.41) is 0. The van der Waals surface area contributed by atoms with Crippen molar-refractivity contribution < 1.29 is 26.7 Å². The molecule has 22 heavy (non-hydrogen) atoms. The van der Waals surface area contributed by atoms with Crippen LogP contribution in [0.1, 0.15) is 18.5 Å². The number of halogens is 5. The van der Waals surface area contributed by atoms with E-state index in [-0.39, 0.29) is 12.1 Å². The predicted octanol–water partition coefficient (Wildman–Crippen LogP) is 2.98. The molecule has 0 aromatic heterocycles. The molecule has 1 aromatic carbocycles. The summed E-state index contributed by atoms with van der Waals surface area (Å²) in [5.41, 5.74) is 0.0359. The van der Waals surface area contributed by atoms with Gasteiger partial charge in [-0.1, -0.05) is 0 Å². The first-order chi connectivity index (χ1) is 10.0. The Morgan fingerprint density at radius 3 is 2.36 bits per heavy atom. The van der Waals surface area contributed by atoms with Crippen molar-refractivity contribution in [1.29, 1.82) is 0 Å². The maximum absolute atomic E-state index is 13.7. The van der Waals surface area contributed by atoms with E-state index in [1.54, 1.807) is 0 Å². The molecular formula is C14H17F5N2O. The summed E-state index contributed by atoms with van der Waals surface area (Å²) in [6.07, 6.45) is -4.48. The minimum Gasteiger partial charge on any atom is -0.336 e. The van der Waals surface area contributed by atoms with Crippen molar-refractivity contribution in [3.05, 3.63) is 35.4 Å². The molecule has 0 saturated carbocycles. The van der Waals surface area contributed by atoms with E-state index in [4.69, 9.17) is 0 Å². The standard InChI is InChI=1S/C14H17F5N2O/c1-9(11-6-10(15)4-5-12(11)16)20(2)7-13(22)21(3)8-14(17,18)19/h4-6,9H,7-8H2,1-3H3. The Kier molecular flexibility index (Phi) is 5.87. The summed E-state index contributed by atoms with van der Waals surface area (Å²) >= 11 is 0. The highest BCUT2D eigenvalue weighted by molar-refractivity contribution is 5.78. The van der Waals surface area contributed by atoms with Crippen LogP contribution in [0.25, 0.3) is 0 Å². The summed E-state index contributed by atoms with van der Waals surface area (Å²) in [5.74, 6) is -2.03. The number of carbonyl (C=O) groups excluding carboxylic acids is 1. The number of amides is 1. The molecule has 1 aromatic rings. The third-order valence-corrected chi connectivity index (χ3v) is 3.30. The molecule has 1 amide bonds. The van der Waals surface area contributed by atoms with Gasteiger partial charge in [-0.05, 0) is 32.2 Å². The highest BCUT2D eigenvalue weighted by Crippen LogP contribution is 2.23. The molecule has 0 N–H and O–H groups in total. The van der Waals surface area contributed by atoms with E-state index in [1.807, 2.05) is 0 Å². The summed E-state index contributed by atoms with van der Waals surface area (Å²) in [6, 6.07) is 2.26. The van der Waals surface area contributed by atoms with Gasteiger partial charge in [0.25, 0.3) is 0 Å². The van der Waals surface area contributed by atoms with Gasteiger partial charge in [-0.3, -0.25) is 9.69 Å². The van der Waals surface area contributed by atoms with Crippen LogP contribution in [-0.4, -0.2) is 49.1 Å². The number of hydrogen-bond donors (Lipinski definition) is 0. The zero-order chi connectivity index (χ0) is 17.1. The molecule has 0 bridgehead atoms. The Labute approximate surface area is 125 Å². The third kappa shape index (κ3) is 5.25. The molecular weight excluding hydrogens is 307 g/mol. The van der Waals surface area contributed by atoms with Crippen LogP contribution in [0.4, 0.5) is 22.0 Å². The lowest BCUT2D eigenvalue weighted by Gasteiger charge is -2.27. The molecule has 124 valence electrons. The van der Waals surface area contributed by atoms with E-state index in [0.29, 0.717) is 4.90 Å². The molecule has 1 rings (SSSR count). The molecule has 0 saturated heterocycles. The van der Waals surface area contributed by atoms with Gasteiger partial charge in [0, 0.05) is 18.7 Å². The van der Waals surface area contributed by atoms with Crippen molar-refractivity contribution in [2.75, 3.05) is 27.2 Å². The first-order valence-electron chi connectivity index (χ1n) is 6.47. The number of benzene rings is 1. The Morgan fingerprint density at radius 2 is 1.82 bits per heavy atom. The number of hydrogen-bond acceptors (Lipinski definition) is 2. The topological polar surface area (TPSA) is 23.6 Å². The normalized spacial score (nSPS) is 13.3. The van der Waals surface area contributed by atoms with E-state index >= 15 is 0 Å². The maximum atomic E-state index is 13.7. The van der Waals surface area contributed by atoms with Crippen LogP contribution in [0.2, 0.25) is 0 Å². The second-order valence-corrected chi connectivity index (χ2v) is 5.12. The van der Waals surface area contributed by atoms with Gasteiger partial charge in [0.2, 0.25) is 5.91 Å². The zero-order valence-corrected chi connectivity index (χ0v) is 12.4. The Bertz CT molecular complexity index is 532. The minimum atomic E-state index is -4.48. The fraction of sp³-hybridized carbons (Fsp3) is 0.500. The number of nitrogens with zero attached hydrogens (tertiary/aromatic N) is 2. The first-order valence-corrected chi connectivity index (χ1v) is 6.47. The van der Waals surface area contributed by atoms with Crippen LogP contribution < -0.4 is 0 Å². The summed E-state index contributed by atoms with van der Waals surface area (Å²) in [6.45, 7) is -0.166. The van der Waals surface area contributed by atoms with Gasteiger partial charge in [0.1, 0.15) is 18.2 Å². The predicted molar refractivity (Wildman–Crippen MR) is 71.1 cm³/mol. The van der Waals surface area contributed by atoms with Crippen LogP contribution in [0.5, 0.6) is 0 Å². The molecule has 8 heteroatoms. The third-order valence-electron chi connectivity index (χ3n) is 3.30. The highest BCUT2D eigenvalue weighted by atomic mass is 19.4. The Balaban J connectivity index is 2.73. The van der Waals surface area contributed by atoms with Crippen molar-refractivity contribution >= 4 is 5.91 Å². The monoisotopic (exact) mass is 324 g/mol. The molecule has 0 heterocycles. The van der Waals surface area contributed by atoms with Gasteiger partial charge in [-0.25, -0.2) is 8.78 Å². The van der Waals surface area contributed by atoms with E-state index in [1.165, 1.54) is 18.9 Å². The molecule has 0 aliphatic carbocycles. The lowest BCUT2D eigenvalue weighted by Crippen LogP contribution is -2.42. The van der Waals surface area contributed by atoms with Crippen LogP contribution in [0.15, 0.2) is 18.2 Å². The molecule has 3 nitrogen and oxygen atoms in total. The largest absolute Gasteiger partial charge is 0.406 e. The Hall–Kier alpha value is -1.70. The van der Waals surface area contributed by atoms with Gasteiger partial charge >= 0.3 is 6.18 Å². The molecule has 0 aliphatic rings. The summed E-state index contributed by atoms with van der Waals surface area (Å²) in [4.78, 5) is 13.6. The average molecular weight is 324 g/mol. The quantitative estimate of drug-likeness (QED) is 0.778. The van der Waals surface area contributed by atoms with Crippen LogP contribution in [0.3, 0.4) is 0 Å². The van der Waals surface area contributed by atoms with Crippen molar-refractivity contribution in [2.24, 2.45) is 0 Å². The second kappa shape index (κ2) is 7.04. The highest BCUT2D eigenvalue weighted by Gasteiger charge is 2.31. The van der Waals surface area contributed by atoms with Crippen LogP contribution in [-0.2, 0) is 4.79 Å². The number of alkyl halides is 3. The lowest BCUT2D eigenvalue weighted by molar-refractivity contribution is -0.159. The number of rotatable bonds is 5. The van der Waals surface area contributed by atoms with Crippen LogP contribution in [0, 0.1) is 11.6 Å². The molecule has 0 spiro atoms. The number of likely N-dealkylation sites (N-methyl/N-ethyl adjacent to an activating group) is 2. The second-order valence-electron chi connectivity index (χ2n) is 5.12. The average Bonchev–Trinajstić information content (AvgIpc) is 2.38. The Morgan fingerprint density at radius 1 is 1.23 bits per heavy atom. The van der Waals surface area contributed by atoms with E-state index in [9.17, 15) is 26.7 Å². The minimum absolute atomic E-state index is 0.0359. The fourth-order valence-corrected chi connectivity index (χ4v) is 1.90. The lowest BCUT2D eigenvalue weighted by atomic mass is 10.1. The smallest absolute Gasteiger partial charge is 0.336 e. The molecule has 0 radical (unpaired) electrons. The summed E-state index contributed by atoms with van der Waals surface area (Å²) in [7, 11) is 2.49. The van der Waals surface area contributed by atoms with E-state index in [0.717, 1.165) is 25.2 Å². The molecule has 0 fully saturated rings. The summed E-state index contributed by atoms with van der Waals surface area (Å²) < 4.78 is 63.5. The van der Waals surface area contributed by atoms with Crippen molar-refractivity contribution in [3.8, 4) is 0 Å². The zero-order valence-electron chi connectivity index (χ0n) is 12.4. The molecule has 0 aliphatic heterocycles. The van der Waals surface area contributed by atoms with Gasteiger partial charge in [-0.2, -0.15) is 13.2 Å². The van der Waals surface area contributed by atoms with Gasteiger partial charge in [-0.15, -0.1) is 0 Å². The number of carbonyl (C=O) groups is 1.